The Bertz CT molecular complexity index is 380. The first kappa shape index (κ1) is 12.8. The minimum absolute atomic E-state index is 0.180. The van der Waals surface area contributed by atoms with Gasteiger partial charge in [-0.3, -0.25) is 0 Å². The number of rotatable bonds is 4. The molecule has 1 aromatic rings. The van der Waals surface area contributed by atoms with Gasteiger partial charge in [-0.15, -0.1) is 0 Å². The molecule has 1 aromatic carbocycles. The predicted molar refractivity (Wildman–Crippen MR) is 66.9 cm³/mol. The van der Waals surface area contributed by atoms with Gasteiger partial charge in [-0.2, -0.15) is 0 Å². The lowest BCUT2D eigenvalue weighted by molar-refractivity contribution is 0.177. The van der Waals surface area contributed by atoms with E-state index in [0.717, 1.165) is 31.6 Å². The van der Waals surface area contributed by atoms with Gasteiger partial charge in [-0.1, -0.05) is 17.7 Å². The Morgan fingerprint density at radius 1 is 1.59 bits per heavy atom. The molecule has 2 rings (SSSR count). The molecule has 1 N–H and O–H groups in total. The minimum atomic E-state index is -0.346. The van der Waals surface area contributed by atoms with E-state index in [4.69, 9.17) is 16.3 Å². The molecule has 0 aromatic heterocycles. The zero-order valence-corrected chi connectivity index (χ0v) is 10.6. The Morgan fingerprint density at radius 3 is 3.00 bits per heavy atom. The SMILES string of the molecule is CNC(Cc1ccc(Cl)c(F)c1)C1CCOC1. The van der Waals surface area contributed by atoms with Crippen LogP contribution >= 0.6 is 11.6 Å². The topological polar surface area (TPSA) is 21.3 Å². The summed E-state index contributed by atoms with van der Waals surface area (Å²) in [5.41, 5.74) is 0.971. The van der Waals surface area contributed by atoms with Crippen LogP contribution in [0.15, 0.2) is 18.2 Å². The van der Waals surface area contributed by atoms with Crippen molar-refractivity contribution in [3.05, 3.63) is 34.6 Å². The maximum Gasteiger partial charge on any atom is 0.142 e. The highest BCUT2D eigenvalue weighted by Crippen LogP contribution is 2.22. The van der Waals surface area contributed by atoms with Gasteiger partial charge in [0.2, 0.25) is 0 Å². The third kappa shape index (κ3) is 3.18. The number of hydrogen-bond donors (Lipinski definition) is 1. The summed E-state index contributed by atoms with van der Waals surface area (Å²) in [6.45, 7) is 1.62. The first-order valence-electron chi connectivity index (χ1n) is 5.89. The van der Waals surface area contributed by atoms with E-state index in [2.05, 4.69) is 5.32 Å². The highest BCUT2D eigenvalue weighted by molar-refractivity contribution is 6.30. The zero-order valence-electron chi connectivity index (χ0n) is 9.88. The summed E-state index contributed by atoms with van der Waals surface area (Å²) in [7, 11) is 1.94. The molecular formula is C13H17ClFNO. The molecule has 1 fully saturated rings. The summed E-state index contributed by atoms with van der Waals surface area (Å²) in [5, 5.41) is 3.47. The Balaban J connectivity index is 2.04. The molecule has 1 saturated heterocycles. The lowest BCUT2D eigenvalue weighted by Gasteiger charge is -2.21. The Hall–Kier alpha value is -0.640. The molecule has 0 aliphatic carbocycles. The largest absolute Gasteiger partial charge is 0.381 e. The van der Waals surface area contributed by atoms with Crippen LogP contribution in [0.3, 0.4) is 0 Å². The Labute approximate surface area is 106 Å². The molecule has 2 unspecified atom stereocenters. The molecule has 0 bridgehead atoms. The second-order valence-corrected chi connectivity index (χ2v) is 4.88. The van der Waals surface area contributed by atoms with Gasteiger partial charge in [0.1, 0.15) is 5.82 Å². The van der Waals surface area contributed by atoms with Crippen molar-refractivity contribution in [1.82, 2.24) is 5.32 Å². The average molecular weight is 258 g/mol. The lowest BCUT2D eigenvalue weighted by Crippen LogP contribution is -2.35. The van der Waals surface area contributed by atoms with Crippen molar-refractivity contribution in [1.29, 1.82) is 0 Å². The minimum Gasteiger partial charge on any atom is -0.381 e. The van der Waals surface area contributed by atoms with Gasteiger partial charge in [-0.05, 0) is 37.6 Å². The summed E-state index contributed by atoms with van der Waals surface area (Å²) in [6, 6.07) is 5.34. The molecule has 1 heterocycles. The molecule has 0 radical (unpaired) electrons. The molecule has 0 amide bonds. The van der Waals surface area contributed by atoms with Gasteiger partial charge in [0, 0.05) is 18.6 Å². The Morgan fingerprint density at radius 2 is 2.41 bits per heavy atom. The van der Waals surface area contributed by atoms with E-state index in [0.29, 0.717) is 12.0 Å². The van der Waals surface area contributed by atoms with Gasteiger partial charge >= 0.3 is 0 Å². The molecular weight excluding hydrogens is 241 g/mol. The molecule has 4 heteroatoms. The second kappa shape index (κ2) is 5.80. The highest BCUT2D eigenvalue weighted by Gasteiger charge is 2.24. The van der Waals surface area contributed by atoms with Crippen molar-refractivity contribution in [2.75, 3.05) is 20.3 Å². The van der Waals surface area contributed by atoms with E-state index in [9.17, 15) is 4.39 Å². The van der Waals surface area contributed by atoms with E-state index in [1.54, 1.807) is 6.07 Å². The second-order valence-electron chi connectivity index (χ2n) is 4.47. The summed E-state index contributed by atoms with van der Waals surface area (Å²) < 4.78 is 18.7. The maximum atomic E-state index is 13.3. The van der Waals surface area contributed by atoms with Crippen LogP contribution in [0.1, 0.15) is 12.0 Å². The van der Waals surface area contributed by atoms with Crippen LogP contribution in [0.5, 0.6) is 0 Å². The number of benzene rings is 1. The quantitative estimate of drug-likeness (QED) is 0.895. The summed E-state index contributed by atoms with van der Waals surface area (Å²) >= 11 is 5.67. The van der Waals surface area contributed by atoms with Gasteiger partial charge in [-0.25, -0.2) is 4.39 Å². The van der Waals surface area contributed by atoms with Crippen LogP contribution in [0.25, 0.3) is 0 Å². The standard InChI is InChI=1S/C13H17ClFNO/c1-16-13(10-4-5-17-8-10)7-9-2-3-11(14)12(15)6-9/h2-3,6,10,13,16H,4-5,7-8H2,1H3. The molecule has 94 valence electrons. The van der Waals surface area contributed by atoms with Gasteiger partial charge < -0.3 is 10.1 Å². The number of nitrogens with one attached hydrogen (secondary N) is 1. The number of likely N-dealkylation sites (N-methyl/N-ethyl adjacent to an activating group) is 1. The monoisotopic (exact) mass is 257 g/mol. The third-order valence-corrected chi connectivity index (χ3v) is 3.65. The fourth-order valence-corrected chi connectivity index (χ4v) is 2.41. The first-order valence-corrected chi connectivity index (χ1v) is 6.27. The van der Waals surface area contributed by atoms with Crippen LogP contribution in [-0.2, 0) is 11.2 Å². The fourth-order valence-electron chi connectivity index (χ4n) is 2.30. The number of hydrogen-bond acceptors (Lipinski definition) is 2. The molecule has 2 atom stereocenters. The molecule has 1 aliphatic rings. The van der Waals surface area contributed by atoms with Crippen molar-refractivity contribution in [3.63, 3.8) is 0 Å². The summed E-state index contributed by atoms with van der Waals surface area (Å²) in [4.78, 5) is 0. The third-order valence-electron chi connectivity index (χ3n) is 3.34. The summed E-state index contributed by atoms with van der Waals surface area (Å²) in [5.74, 6) is 0.167. The Kier molecular flexibility index (Phi) is 4.37. The van der Waals surface area contributed by atoms with Crippen molar-refractivity contribution >= 4 is 11.6 Å². The van der Waals surface area contributed by atoms with Crippen LogP contribution < -0.4 is 5.32 Å². The van der Waals surface area contributed by atoms with Crippen LogP contribution in [0.2, 0.25) is 5.02 Å². The van der Waals surface area contributed by atoms with E-state index in [1.807, 2.05) is 13.1 Å². The van der Waals surface area contributed by atoms with E-state index in [-0.39, 0.29) is 10.8 Å². The molecule has 1 aliphatic heterocycles. The summed E-state index contributed by atoms with van der Waals surface area (Å²) in [6.07, 6.45) is 1.88. The molecule has 0 spiro atoms. The van der Waals surface area contributed by atoms with Gasteiger partial charge in [0.25, 0.3) is 0 Å². The number of ether oxygens (including phenoxy) is 1. The zero-order chi connectivity index (χ0) is 12.3. The predicted octanol–water partition coefficient (Wildman–Crippen LogP) is 2.65. The average Bonchev–Trinajstić information content (AvgIpc) is 2.84. The van der Waals surface area contributed by atoms with Crippen LogP contribution in [0, 0.1) is 11.7 Å². The van der Waals surface area contributed by atoms with Gasteiger partial charge in [0.15, 0.2) is 0 Å². The van der Waals surface area contributed by atoms with Crippen molar-refractivity contribution in [3.8, 4) is 0 Å². The van der Waals surface area contributed by atoms with Gasteiger partial charge in [0.05, 0.1) is 11.6 Å². The van der Waals surface area contributed by atoms with E-state index < -0.39 is 0 Å². The molecule has 0 saturated carbocycles. The van der Waals surface area contributed by atoms with Crippen molar-refractivity contribution in [2.45, 2.75) is 18.9 Å². The van der Waals surface area contributed by atoms with Crippen molar-refractivity contribution in [2.24, 2.45) is 5.92 Å². The van der Waals surface area contributed by atoms with E-state index in [1.165, 1.54) is 6.07 Å². The highest BCUT2D eigenvalue weighted by atomic mass is 35.5. The molecule has 2 nitrogen and oxygen atoms in total. The van der Waals surface area contributed by atoms with Crippen LogP contribution in [-0.4, -0.2) is 26.3 Å². The normalized spacial score (nSPS) is 21.7. The first-order chi connectivity index (χ1) is 8.20. The fraction of sp³-hybridized carbons (Fsp3) is 0.538. The molecule has 17 heavy (non-hydrogen) atoms. The van der Waals surface area contributed by atoms with Crippen LogP contribution in [0.4, 0.5) is 4.39 Å². The smallest absolute Gasteiger partial charge is 0.142 e. The van der Waals surface area contributed by atoms with Crippen molar-refractivity contribution < 1.29 is 9.13 Å². The maximum absolute atomic E-state index is 13.3. The van der Waals surface area contributed by atoms with E-state index >= 15 is 0 Å². The lowest BCUT2D eigenvalue weighted by atomic mass is 9.93. The number of halogens is 2.